The summed E-state index contributed by atoms with van der Waals surface area (Å²) >= 11 is 0. The van der Waals surface area contributed by atoms with Gasteiger partial charge in [-0.05, 0) is 50.9 Å². The fourth-order valence-corrected chi connectivity index (χ4v) is 2.17. The summed E-state index contributed by atoms with van der Waals surface area (Å²) in [6, 6.07) is 0. The van der Waals surface area contributed by atoms with Crippen LogP contribution in [0.3, 0.4) is 0 Å². The Morgan fingerprint density at radius 3 is 2.15 bits per heavy atom. The zero-order valence-corrected chi connectivity index (χ0v) is 9.69. The van der Waals surface area contributed by atoms with E-state index in [0.717, 1.165) is 5.92 Å². The van der Waals surface area contributed by atoms with E-state index >= 15 is 0 Å². The molecular weight excluding hydrogens is 158 g/mol. The molecule has 0 heterocycles. The minimum absolute atomic E-state index is 0.0348. The molecule has 13 heavy (non-hydrogen) atoms. The van der Waals surface area contributed by atoms with Crippen LogP contribution < -0.4 is 5.73 Å². The molecule has 0 aromatic rings. The molecule has 2 N–H and O–H groups in total. The second-order valence-electron chi connectivity index (χ2n) is 5.86. The highest BCUT2D eigenvalue weighted by Gasteiger charge is 2.44. The Bertz CT molecular complexity index is 160. The minimum atomic E-state index is 0.0348. The lowest BCUT2D eigenvalue weighted by Gasteiger charge is -2.23. The van der Waals surface area contributed by atoms with Crippen LogP contribution in [0.4, 0.5) is 0 Å². The van der Waals surface area contributed by atoms with Crippen molar-refractivity contribution in [3.05, 3.63) is 0 Å². The third-order valence-corrected chi connectivity index (χ3v) is 3.61. The largest absolute Gasteiger partial charge is 0.326 e. The average Bonchev–Trinajstić information content (AvgIpc) is 2.65. The van der Waals surface area contributed by atoms with Gasteiger partial charge in [-0.15, -0.1) is 0 Å². The molecule has 1 fully saturated rings. The maximum absolute atomic E-state index is 5.96. The Morgan fingerprint density at radius 1 is 1.31 bits per heavy atom. The normalized spacial score (nSPS) is 20.8. The predicted octanol–water partition coefficient (Wildman–Crippen LogP) is 3.33. The Morgan fingerprint density at radius 2 is 1.85 bits per heavy atom. The number of hydrogen-bond donors (Lipinski definition) is 1. The highest BCUT2D eigenvalue weighted by Crippen LogP contribution is 2.55. The lowest BCUT2D eigenvalue weighted by molar-refractivity contribution is 0.306. The van der Waals surface area contributed by atoms with Gasteiger partial charge >= 0.3 is 0 Å². The topological polar surface area (TPSA) is 26.0 Å². The van der Waals surface area contributed by atoms with Crippen molar-refractivity contribution in [2.45, 2.75) is 65.3 Å². The highest BCUT2D eigenvalue weighted by atomic mass is 14.7. The van der Waals surface area contributed by atoms with Crippen LogP contribution in [0.2, 0.25) is 0 Å². The zero-order valence-electron chi connectivity index (χ0n) is 9.69. The SMILES string of the molecule is CC(C)C1(CCCC(C)(C)N)CC1. The molecule has 1 aliphatic carbocycles. The first-order valence-electron chi connectivity index (χ1n) is 5.65. The van der Waals surface area contributed by atoms with Gasteiger partial charge in [0.15, 0.2) is 0 Å². The molecule has 1 heteroatoms. The second-order valence-corrected chi connectivity index (χ2v) is 5.86. The average molecular weight is 183 g/mol. The fraction of sp³-hybridized carbons (Fsp3) is 1.00. The quantitative estimate of drug-likeness (QED) is 0.695. The van der Waals surface area contributed by atoms with Crippen LogP contribution >= 0.6 is 0 Å². The van der Waals surface area contributed by atoms with Crippen molar-refractivity contribution in [1.29, 1.82) is 0 Å². The van der Waals surface area contributed by atoms with Crippen LogP contribution in [0, 0.1) is 11.3 Å². The standard InChI is InChI=1S/C12H25N/c1-10(2)12(8-9-12)7-5-6-11(3,4)13/h10H,5-9,13H2,1-4H3. The molecule has 0 bridgehead atoms. The van der Waals surface area contributed by atoms with Crippen LogP contribution in [0.1, 0.15) is 59.8 Å². The van der Waals surface area contributed by atoms with Gasteiger partial charge in [0.25, 0.3) is 0 Å². The van der Waals surface area contributed by atoms with E-state index in [-0.39, 0.29) is 5.54 Å². The van der Waals surface area contributed by atoms with E-state index in [0.29, 0.717) is 5.41 Å². The molecule has 0 radical (unpaired) electrons. The van der Waals surface area contributed by atoms with Crippen molar-refractivity contribution in [1.82, 2.24) is 0 Å². The van der Waals surface area contributed by atoms with Gasteiger partial charge in [-0.3, -0.25) is 0 Å². The van der Waals surface area contributed by atoms with Gasteiger partial charge in [-0.2, -0.15) is 0 Å². The summed E-state index contributed by atoms with van der Waals surface area (Å²) in [7, 11) is 0. The first kappa shape index (κ1) is 11.0. The first-order chi connectivity index (χ1) is 5.86. The van der Waals surface area contributed by atoms with Crippen molar-refractivity contribution in [3.8, 4) is 0 Å². The summed E-state index contributed by atoms with van der Waals surface area (Å²) < 4.78 is 0. The maximum atomic E-state index is 5.96. The summed E-state index contributed by atoms with van der Waals surface area (Å²) in [6.07, 6.45) is 6.78. The first-order valence-corrected chi connectivity index (χ1v) is 5.65. The maximum Gasteiger partial charge on any atom is 0.00970 e. The van der Waals surface area contributed by atoms with E-state index in [1.54, 1.807) is 0 Å². The molecule has 0 aromatic carbocycles. The molecule has 1 saturated carbocycles. The lowest BCUT2D eigenvalue weighted by Crippen LogP contribution is -2.31. The van der Waals surface area contributed by atoms with Crippen LogP contribution in [-0.2, 0) is 0 Å². The minimum Gasteiger partial charge on any atom is -0.326 e. The predicted molar refractivity (Wildman–Crippen MR) is 58.6 cm³/mol. The molecule has 0 unspecified atom stereocenters. The van der Waals surface area contributed by atoms with E-state index < -0.39 is 0 Å². The second kappa shape index (κ2) is 3.61. The molecule has 0 amide bonds. The van der Waals surface area contributed by atoms with Gasteiger partial charge in [0.05, 0.1) is 0 Å². The van der Waals surface area contributed by atoms with Crippen molar-refractivity contribution in [2.75, 3.05) is 0 Å². The zero-order chi connectivity index (χ0) is 10.1. The Labute approximate surface area is 83.1 Å². The summed E-state index contributed by atoms with van der Waals surface area (Å²) in [5, 5.41) is 0. The van der Waals surface area contributed by atoms with Gasteiger partial charge in [-0.1, -0.05) is 20.3 Å². The number of nitrogens with two attached hydrogens (primary N) is 1. The van der Waals surface area contributed by atoms with Crippen LogP contribution in [0.15, 0.2) is 0 Å². The molecule has 0 spiro atoms. The molecule has 0 saturated heterocycles. The fourth-order valence-electron chi connectivity index (χ4n) is 2.17. The summed E-state index contributed by atoms with van der Waals surface area (Å²) in [6.45, 7) is 8.98. The van der Waals surface area contributed by atoms with Crippen molar-refractivity contribution in [3.63, 3.8) is 0 Å². The van der Waals surface area contributed by atoms with Gasteiger partial charge in [-0.25, -0.2) is 0 Å². The summed E-state index contributed by atoms with van der Waals surface area (Å²) in [4.78, 5) is 0. The van der Waals surface area contributed by atoms with Crippen molar-refractivity contribution >= 4 is 0 Å². The molecule has 0 aromatic heterocycles. The van der Waals surface area contributed by atoms with E-state index in [4.69, 9.17) is 5.73 Å². The van der Waals surface area contributed by atoms with Crippen molar-refractivity contribution in [2.24, 2.45) is 17.1 Å². The van der Waals surface area contributed by atoms with Gasteiger partial charge in [0.1, 0.15) is 0 Å². The molecule has 78 valence electrons. The molecular formula is C12H25N. The van der Waals surface area contributed by atoms with E-state index in [2.05, 4.69) is 27.7 Å². The Kier molecular flexibility index (Phi) is 3.06. The van der Waals surface area contributed by atoms with Gasteiger partial charge < -0.3 is 5.73 Å². The van der Waals surface area contributed by atoms with Crippen LogP contribution in [0.5, 0.6) is 0 Å². The highest BCUT2D eigenvalue weighted by molar-refractivity contribution is 4.95. The van der Waals surface area contributed by atoms with Gasteiger partial charge in [0.2, 0.25) is 0 Å². The van der Waals surface area contributed by atoms with E-state index in [1.807, 2.05) is 0 Å². The third kappa shape index (κ3) is 3.30. The molecule has 0 aliphatic heterocycles. The number of hydrogen-bond acceptors (Lipinski definition) is 1. The molecule has 1 nitrogen and oxygen atoms in total. The Balaban J connectivity index is 2.20. The van der Waals surface area contributed by atoms with E-state index in [1.165, 1.54) is 32.1 Å². The lowest BCUT2D eigenvalue weighted by atomic mass is 9.85. The monoisotopic (exact) mass is 183 g/mol. The van der Waals surface area contributed by atoms with Gasteiger partial charge in [0, 0.05) is 5.54 Å². The summed E-state index contributed by atoms with van der Waals surface area (Å²) in [5.74, 6) is 0.869. The smallest absolute Gasteiger partial charge is 0.00970 e. The summed E-state index contributed by atoms with van der Waals surface area (Å²) in [5.41, 5.74) is 6.71. The third-order valence-electron chi connectivity index (χ3n) is 3.61. The Hall–Kier alpha value is -0.0400. The van der Waals surface area contributed by atoms with Crippen molar-refractivity contribution < 1.29 is 0 Å². The molecule has 1 rings (SSSR count). The van der Waals surface area contributed by atoms with Crippen LogP contribution in [-0.4, -0.2) is 5.54 Å². The molecule has 0 atom stereocenters. The molecule has 1 aliphatic rings. The van der Waals surface area contributed by atoms with E-state index in [9.17, 15) is 0 Å². The van der Waals surface area contributed by atoms with Crippen LogP contribution in [0.25, 0.3) is 0 Å². The number of rotatable bonds is 5.